The maximum absolute atomic E-state index is 12.8. The molecular formula is C28H43NO3. The highest BCUT2D eigenvalue weighted by atomic mass is 16.5. The molecule has 3 aliphatic rings. The second kappa shape index (κ2) is 9.75. The summed E-state index contributed by atoms with van der Waals surface area (Å²) >= 11 is 0. The first-order valence-electron chi connectivity index (χ1n) is 12.9. The zero-order valence-electron chi connectivity index (χ0n) is 20.6. The average Bonchev–Trinajstić information content (AvgIpc) is 3.04. The summed E-state index contributed by atoms with van der Waals surface area (Å²) in [6, 6.07) is 2.18. The van der Waals surface area contributed by atoms with E-state index in [0.29, 0.717) is 11.8 Å². The number of methoxy groups -OCH3 is 1. The third-order valence-electron chi connectivity index (χ3n) is 9.28. The van der Waals surface area contributed by atoms with E-state index in [2.05, 4.69) is 31.4 Å². The van der Waals surface area contributed by atoms with Gasteiger partial charge in [-0.1, -0.05) is 38.3 Å². The van der Waals surface area contributed by atoms with E-state index in [4.69, 9.17) is 9.15 Å². The molecule has 32 heavy (non-hydrogen) atoms. The monoisotopic (exact) mass is 441 g/mol. The van der Waals surface area contributed by atoms with Gasteiger partial charge in [0.2, 0.25) is 0 Å². The molecule has 3 fully saturated rings. The van der Waals surface area contributed by atoms with Crippen LogP contribution in [0.5, 0.6) is 0 Å². The smallest absolute Gasteiger partial charge is 0.311 e. The zero-order valence-corrected chi connectivity index (χ0v) is 20.6. The normalized spacial score (nSPS) is 34.0. The molecule has 0 amide bonds. The van der Waals surface area contributed by atoms with Crippen LogP contribution in [-0.4, -0.2) is 31.1 Å². The molecule has 2 heterocycles. The second-order valence-corrected chi connectivity index (χ2v) is 11.2. The molecule has 0 spiro atoms. The molecule has 0 radical (unpaired) electrons. The maximum atomic E-state index is 12.8. The number of nitrogens with zero attached hydrogens (tertiary/aromatic N) is 1. The molecule has 4 atom stereocenters. The molecule has 0 N–H and O–H groups in total. The fourth-order valence-corrected chi connectivity index (χ4v) is 7.49. The van der Waals surface area contributed by atoms with Crippen molar-refractivity contribution >= 4 is 5.97 Å². The molecule has 0 aromatic carbocycles. The van der Waals surface area contributed by atoms with Crippen LogP contribution in [0.3, 0.4) is 0 Å². The molecule has 1 saturated heterocycles. The van der Waals surface area contributed by atoms with Gasteiger partial charge in [0, 0.05) is 0 Å². The number of hydrogen-bond donors (Lipinski definition) is 0. The van der Waals surface area contributed by atoms with Gasteiger partial charge >= 0.3 is 5.97 Å². The number of fused-ring (bicyclic) bond motifs is 1. The molecule has 2 aliphatic carbocycles. The zero-order chi connectivity index (χ0) is 22.8. The van der Waals surface area contributed by atoms with Gasteiger partial charge in [-0.25, -0.2) is 0 Å². The van der Waals surface area contributed by atoms with E-state index in [0.717, 1.165) is 50.8 Å². The van der Waals surface area contributed by atoms with Crippen molar-refractivity contribution in [2.75, 3.05) is 20.2 Å². The molecule has 0 bridgehead atoms. The average molecular weight is 442 g/mol. The van der Waals surface area contributed by atoms with Crippen LogP contribution in [0.1, 0.15) is 89.4 Å². The first kappa shape index (κ1) is 23.6. The lowest BCUT2D eigenvalue weighted by molar-refractivity contribution is -0.168. The summed E-state index contributed by atoms with van der Waals surface area (Å²) in [5, 5.41) is 0. The summed E-state index contributed by atoms with van der Waals surface area (Å²) in [4.78, 5) is 15.4. The van der Waals surface area contributed by atoms with Crippen LogP contribution in [0.2, 0.25) is 0 Å². The molecule has 1 aliphatic heterocycles. The van der Waals surface area contributed by atoms with Crippen molar-refractivity contribution in [1.82, 2.24) is 4.90 Å². The molecule has 1 unspecified atom stereocenters. The number of carbonyl (C=O) groups is 1. The fourth-order valence-electron chi connectivity index (χ4n) is 7.49. The summed E-state index contributed by atoms with van der Waals surface area (Å²) in [5.41, 5.74) is 2.49. The molecule has 4 nitrogen and oxygen atoms in total. The van der Waals surface area contributed by atoms with Crippen molar-refractivity contribution in [2.45, 2.75) is 91.0 Å². The third-order valence-corrected chi connectivity index (χ3v) is 9.28. The first-order chi connectivity index (χ1) is 15.4. The van der Waals surface area contributed by atoms with Gasteiger partial charge in [0.25, 0.3) is 0 Å². The molecule has 4 rings (SSSR count). The molecule has 1 aromatic heterocycles. The Labute approximate surface area is 194 Å². The minimum Gasteiger partial charge on any atom is -0.469 e. The van der Waals surface area contributed by atoms with Crippen LogP contribution in [0.4, 0.5) is 0 Å². The van der Waals surface area contributed by atoms with Crippen LogP contribution < -0.4 is 0 Å². The molecule has 178 valence electrons. The van der Waals surface area contributed by atoms with Crippen LogP contribution in [0.15, 0.2) is 28.9 Å². The van der Waals surface area contributed by atoms with Crippen molar-refractivity contribution in [3.63, 3.8) is 0 Å². The van der Waals surface area contributed by atoms with Crippen LogP contribution >= 0.6 is 0 Å². The Morgan fingerprint density at radius 3 is 2.66 bits per heavy atom. The van der Waals surface area contributed by atoms with Crippen LogP contribution in [-0.2, 0) is 22.5 Å². The number of rotatable bonds is 6. The Bertz CT molecular complexity index is 805. The van der Waals surface area contributed by atoms with Gasteiger partial charge in [0.05, 0.1) is 25.3 Å². The highest BCUT2D eigenvalue weighted by Crippen LogP contribution is 2.62. The van der Waals surface area contributed by atoms with E-state index in [1.165, 1.54) is 56.3 Å². The first-order valence-corrected chi connectivity index (χ1v) is 12.9. The Hall–Kier alpha value is -1.55. The number of aryl methyl sites for hydroxylation is 1. The van der Waals surface area contributed by atoms with Crippen molar-refractivity contribution < 1.29 is 13.9 Å². The van der Waals surface area contributed by atoms with E-state index in [9.17, 15) is 4.79 Å². The van der Waals surface area contributed by atoms with Gasteiger partial charge in [-0.2, -0.15) is 0 Å². The van der Waals surface area contributed by atoms with Crippen LogP contribution in [0.25, 0.3) is 0 Å². The van der Waals surface area contributed by atoms with E-state index >= 15 is 0 Å². The van der Waals surface area contributed by atoms with Crippen LogP contribution in [0, 0.1) is 22.7 Å². The minimum absolute atomic E-state index is 0.0192. The molecular weight excluding hydrogens is 398 g/mol. The fraction of sp³-hybridized carbons (Fsp3) is 0.750. The second-order valence-electron chi connectivity index (χ2n) is 11.2. The van der Waals surface area contributed by atoms with Gasteiger partial charge in [-0.15, -0.1) is 0 Å². The van der Waals surface area contributed by atoms with Gasteiger partial charge < -0.3 is 9.15 Å². The number of esters is 1. The number of hydrogen-bond acceptors (Lipinski definition) is 4. The lowest BCUT2D eigenvalue weighted by Crippen LogP contribution is -2.53. The number of likely N-dealkylation sites (tertiary alicyclic amines) is 1. The summed E-state index contributed by atoms with van der Waals surface area (Å²) in [7, 11) is 1.55. The standard InChI is InChI=1S/C28H43NO3/c1-21-10-13-25-27(2,15-9-16-28(25,3)26(30)31-4)23(21)12-11-22-14-19-32-24(22)20-29-17-7-5-6-8-18-29/h14,19,23,25H,1,5-13,15-18,20H2,2-4H3/t23-,25?,27+,28-/m0/s1. The molecule has 4 heteroatoms. The Morgan fingerprint density at radius 2 is 1.94 bits per heavy atom. The van der Waals surface area contributed by atoms with Gasteiger partial charge in [0.15, 0.2) is 0 Å². The minimum atomic E-state index is -0.367. The van der Waals surface area contributed by atoms with Gasteiger partial charge in [-0.3, -0.25) is 9.69 Å². The number of carbonyl (C=O) groups excluding carboxylic acids is 1. The predicted molar refractivity (Wildman–Crippen MR) is 128 cm³/mol. The van der Waals surface area contributed by atoms with E-state index in [-0.39, 0.29) is 16.8 Å². The van der Waals surface area contributed by atoms with Gasteiger partial charge in [0.1, 0.15) is 5.76 Å². The summed E-state index contributed by atoms with van der Waals surface area (Å²) in [5.74, 6) is 1.95. The van der Waals surface area contributed by atoms with Crippen molar-refractivity contribution in [2.24, 2.45) is 22.7 Å². The number of allylic oxidation sites excluding steroid dienone is 1. The summed E-state index contributed by atoms with van der Waals surface area (Å²) in [6.07, 6.45) is 14.6. The summed E-state index contributed by atoms with van der Waals surface area (Å²) in [6.45, 7) is 12.4. The molecule has 2 saturated carbocycles. The van der Waals surface area contributed by atoms with Crippen molar-refractivity contribution in [3.05, 3.63) is 35.8 Å². The topological polar surface area (TPSA) is 42.7 Å². The SMILES string of the molecule is C=C1CCC2[C@](C)(CCC[C@]2(C)C(=O)OC)[C@H]1CCc1ccoc1CN1CCCCCC1. The summed E-state index contributed by atoms with van der Waals surface area (Å²) < 4.78 is 11.2. The van der Waals surface area contributed by atoms with E-state index in [1.807, 2.05) is 6.26 Å². The number of ether oxygens (including phenoxy) is 1. The lowest BCUT2D eigenvalue weighted by Gasteiger charge is -2.57. The van der Waals surface area contributed by atoms with Gasteiger partial charge in [-0.05, 0) is 100 Å². The Kier molecular flexibility index (Phi) is 7.19. The highest BCUT2D eigenvalue weighted by Gasteiger charge is 2.57. The largest absolute Gasteiger partial charge is 0.469 e. The third kappa shape index (κ3) is 4.44. The van der Waals surface area contributed by atoms with E-state index < -0.39 is 0 Å². The quantitative estimate of drug-likeness (QED) is 0.371. The van der Waals surface area contributed by atoms with Crippen molar-refractivity contribution in [1.29, 1.82) is 0 Å². The number of furan rings is 1. The Morgan fingerprint density at radius 1 is 1.19 bits per heavy atom. The molecule has 1 aromatic rings. The maximum Gasteiger partial charge on any atom is 0.311 e. The highest BCUT2D eigenvalue weighted by molar-refractivity contribution is 5.77. The lowest BCUT2D eigenvalue weighted by atomic mass is 9.46. The predicted octanol–water partition coefficient (Wildman–Crippen LogP) is 6.54. The van der Waals surface area contributed by atoms with E-state index in [1.54, 1.807) is 7.11 Å². The Balaban J connectivity index is 1.48. The van der Waals surface area contributed by atoms with Crippen molar-refractivity contribution in [3.8, 4) is 0 Å².